The molecule has 1 aliphatic rings. The number of fused-ring (bicyclic) bond motifs is 2. The fraction of sp³-hybridized carbons (Fsp3) is 0.333. The van der Waals surface area contributed by atoms with Crippen LogP contribution >= 0.6 is 0 Å². The summed E-state index contributed by atoms with van der Waals surface area (Å²) in [5, 5.41) is 28.7. The Labute approximate surface area is 166 Å². The zero-order valence-electron chi connectivity index (χ0n) is 15.2. The first-order chi connectivity index (χ1) is 14.4. The molecule has 4 atom stereocenters. The summed E-state index contributed by atoms with van der Waals surface area (Å²) in [5.74, 6) is 0.332. The maximum absolute atomic E-state index is 11.7. The lowest BCUT2D eigenvalue weighted by atomic mass is 10.1. The van der Waals surface area contributed by atoms with Crippen molar-refractivity contribution in [3.05, 3.63) is 29.3 Å². The van der Waals surface area contributed by atoms with Crippen LogP contribution in [-0.2, 0) is 4.74 Å². The monoisotopic (exact) mass is 418 g/mol. The zero-order valence-corrected chi connectivity index (χ0v) is 15.2. The van der Waals surface area contributed by atoms with Gasteiger partial charge in [-0.05, 0) is 0 Å². The predicted octanol–water partition coefficient (Wildman–Crippen LogP) is -2.75. The number of aromatic nitrogens is 8. The molecule has 158 valence electrons. The Morgan fingerprint density at radius 2 is 1.97 bits per heavy atom. The molecule has 5 rings (SSSR count). The van der Waals surface area contributed by atoms with E-state index in [1.807, 2.05) is 0 Å². The van der Waals surface area contributed by atoms with E-state index in [9.17, 15) is 15.0 Å². The molecule has 0 radical (unpaired) electrons. The van der Waals surface area contributed by atoms with Crippen LogP contribution in [-0.4, -0.2) is 79.7 Å². The molecular weight excluding hydrogens is 400 g/mol. The lowest BCUT2D eigenvalue weighted by Gasteiger charge is -2.16. The number of nitrogens with one attached hydrogen (secondary N) is 2. The van der Waals surface area contributed by atoms with E-state index in [0.717, 1.165) is 0 Å². The van der Waals surface area contributed by atoms with Crippen molar-refractivity contribution in [3.63, 3.8) is 0 Å². The second kappa shape index (κ2) is 7.64. The number of ether oxygens (including phenoxy) is 1. The number of anilines is 2. The highest BCUT2D eigenvalue weighted by Gasteiger charge is 2.44. The van der Waals surface area contributed by atoms with Crippen LogP contribution < -0.4 is 17.0 Å². The summed E-state index contributed by atoms with van der Waals surface area (Å²) in [6.07, 6.45) is -0.290. The first kappa shape index (κ1) is 19.6. The number of imidazole rings is 2. The van der Waals surface area contributed by atoms with Gasteiger partial charge in [0, 0.05) is 0 Å². The minimum absolute atomic E-state index is 0.0388. The molecule has 5 heterocycles. The van der Waals surface area contributed by atoms with Crippen molar-refractivity contribution in [2.45, 2.75) is 24.5 Å². The number of hydrogen-bond donors (Lipinski definition) is 7. The third kappa shape index (κ3) is 3.30. The quantitative estimate of drug-likeness (QED) is 0.175. The summed E-state index contributed by atoms with van der Waals surface area (Å²) in [7, 11) is 0. The van der Waals surface area contributed by atoms with Crippen molar-refractivity contribution in [3.8, 4) is 0 Å². The van der Waals surface area contributed by atoms with Crippen LogP contribution in [0.2, 0.25) is 0 Å². The van der Waals surface area contributed by atoms with Gasteiger partial charge in [-0.2, -0.15) is 4.98 Å². The summed E-state index contributed by atoms with van der Waals surface area (Å²) < 4.78 is 6.64. The van der Waals surface area contributed by atoms with Gasteiger partial charge in [0.25, 0.3) is 5.56 Å². The van der Waals surface area contributed by atoms with Crippen molar-refractivity contribution in [2.75, 3.05) is 18.1 Å². The first-order valence-corrected chi connectivity index (χ1v) is 8.65. The number of aliphatic hydroxyl groups is 3. The van der Waals surface area contributed by atoms with E-state index >= 15 is 0 Å². The van der Waals surface area contributed by atoms with Gasteiger partial charge in [-0.1, -0.05) is 0 Å². The second-order valence-corrected chi connectivity index (χ2v) is 6.36. The van der Waals surface area contributed by atoms with Crippen LogP contribution in [0.5, 0.6) is 0 Å². The fourth-order valence-electron chi connectivity index (χ4n) is 3.02. The highest BCUT2D eigenvalue weighted by Crippen LogP contribution is 2.30. The van der Waals surface area contributed by atoms with Gasteiger partial charge in [-0.3, -0.25) is 14.3 Å². The van der Waals surface area contributed by atoms with Gasteiger partial charge in [-0.25, -0.2) is 19.9 Å². The zero-order chi connectivity index (χ0) is 21.4. The van der Waals surface area contributed by atoms with Crippen molar-refractivity contribution >= 4 is 34.1 Å². The first-order valence-electron chi connectivity index (χ1n) is 8.65. The maximum Gasteiger partial charge on any atom is 0.280 e. The number of aromatic amines is 2. The third-order valence-electron chi connectivity index (χ3n) is 4.49. The molecule has 0 saturated carbocycles. The lowest BCUT2D eigenvalue weighted by molar-refractivity contribution is -0.0511. The fourth-order valence-corrected chi connectivity index (χ4v) is 3.02. The van der Waals surface area contributed by atoms with Gasteiger partial charge < -0.3 is 36.5 Å². The van der Waals surface area contributed by atoms with Crippen molar-refractivity contribution in [1.82, 2.24) is 39.5 Å². The van der Waals surface area contributed by atoms with Crippen LogP contribution in [0.15, 0.2) is 23.8 Å². The number of nitrogen functional groups attached to an aromatic ring is 2. The molecule has 4 unspecified atom stereocenters. The normalized spacial score (nSPS) is 23.6. The smallest absolute Gasteiger partial charge is 0.280 e. The summed E-state index contributed by atoms with van der Waals surface area (Å²) >= 11 is 0. The van der Waals surface area contributed by atoms with Crippen LogP contribution in [0, 0.1) is 0 Å². The topological polar surface area (TPSA) is 240 Å². The Bertz CT molecular complexity index is 1240. The average Bonchev–Trinajstić information content (AvgIpc) is 3.42. The Kier molecular flexibility index (Phi) is 5.00. The molecule has 4 aromatic rings. The SMILES string of the molecule is Nc1nc2c(ncn2C2OC(CO)C(O)C2O)c(=O)[nH]1.Nc1ncnc2nc[nH]c12. The molecular formula is C15H18N10O5. The molecule has 1 aliphatic heterocycles. The molecule has 9 N–H and O–H groups in total. The van der Waals surface area contributed by atoms with Gasteiger partial charge in [0.2, 0.25) is 5.95 Å². The highest BCUT2D eigenvalue weighted by molar-refractivity contribution is 5.80. The maximum atomic E-state index is 11.7. The summed E-state index contributed by atoms with van der Waals surface area (Å²) in [6, 6.07) is 0. The van der Waals surface area contributed by atoms with Crippen LogP contribution in [0.1, 0.15) is 6.23 Å². The average molecular weight is 418 g/mol. The van der Waals surface area contributed by atoms with Gasteiger partial charge in [0.15, 0.2) is 28.9 Å². The molecule has 1 fully saturated rings. The number of aliphatic hydroxyl groups excluding tert-OH is 3. The van der Waals surface area contributed by atoms with E-state index in [4.69, 9.17) is 21.3 Å². The van der Waals surface area contributed by atoms with Crippen LogP contribution in [0.4, 0.5) is 11.8 Å². The molecule has 30 heavy (non-hydrogen) atoms. The van der Waals surface area contributed by atoms with Crippen LogP contribution in [0.25, 0.3) is 22.3 Å². The summed E-state index contributed by atoms with van der Waals surface area (Å²) in [4.78, 5) is 36.1. The minimum atomic E-state index is -1.29. The Hall–Kier alpha value is -3.66. The Morgan fingerprint density at radius 3 is 2.67 bits per heavy atom. The lowest BCUT2D eigenvalue weighted by Crippen LogP contribution is -2.33. The number of nitrogens with two attached hydrogens (primary N) is 2. The van der Waals surface area contributed by atoms with Gasteiger partial charge in [0.05, 0.1) is 19.3 Å². The molecule has 1 saturated heterocycles. The number of rotatable bonds is 2. The van der Waals surface area contributed by atoms with Crippen molar-refractivity contribution in [1.29, 1.82) is 0 Å². The number of H-pyrrole nitrogens is 2. The predicted molar refractivity (Wildman–Crippen MR) is 102 cm³/mol. The molecule has 0 spiro atoms. The van der Waals surface area contributed by atoms with E-state index in [-0.39, 0.29) is 17.1 Å². The standard InChI is InChI=1S/C10H13N5O5.C5H5N5/c11-10-13-7-4(8(19)14-10)12-2-15(7)9-6(18)5(17)3(1-16)20-9;6-4-3-5(9-1-7-3)10-2-8-4/h2-3,5-6,9,16-18H,1H2,(H3,11,13,14,19);1-2H,(H3,6,7,8,9,10). The molecule has 15 heteroatoms. The van der Waals surface area contributed by atoms with E-state index < -0.39 is 36.7 Å². The third-order valence-corrected chi connectivity index (χ3v) is 4.49. The minimum Gasteiger partial charge on any atom is -0.394 e. The highest BCUT2D eigenvalue weighted by atomic mass is 16.6. The Morgan fingerprint density at radius 1 is 1.17 bits per heavy atom. The van der Waals surface area contributed by atoms with Crippen molar-refractivity contribution < 1.29 is 20.1 Å². The van der Waals surface area contributed by atoms with E-state index in [2.05, 4.69) is 34.9 Å². The molecule has 0 amide bonds. The molecule has 0 aliphatic carbocycles. The van der Waals surface area contributed by atoms with E-state index in [1.165, 1.54) is 23.5 Å². The molecule has 15 nitrogen and oxygen atoms in total. The van der Waals surface area contributed by atoms with Gasteiger partial charge in [0.1, 0.15) is 30.2 Å². The van der Waals surface area contributed by atoms with Crippen LogP contribution in [0.3, 0.4) is 0 Å². The van der Waals surface area contributed by atoms with Gasteiger partial charge >= 0.3 is 0 Å². The van der Waals surface area contributed by atoms with Gasteiger partial charge in [-0.15, -0.1) is 0 Å². The largest absolute Gasteiger partial charge is 0.394 e. The molecule has 4 aromatic heterocycles. The second-order valence-electron chi connectivity index (χ2n) is 6.36. The van der Waals surface area contributed by atoms with Crippen molar-refractivity contribution in [2.24, 2.45) is 0 Å². The number of hydrogen-bond acceptors (Lipinski definition) is 12. The summed E-state index contributed by atoms with van der Waals surface area (Å²) in [5.41, 5.74) is 11.9. The number of nitrogens with zero attached hydrogens (tertiary/aromatic N) is 6. The van der Waals surface area contributed by atoms with E-state index in [1.54, 1.807) is 0 Å². The Balaban J connectivity index is 0.000000181. The molecule has 0 aromatic carbocycles. The van der Waals surface area contributed by atoms with E-state index in [0.29, 0.717) is 17.0 Å². The summed E-state index contributed by atoms with van der Waals surface area (Å²) in [6.45, 7) is -0.447. The molecule has 0 bridgehead atoms.